The summed E-state index contributed by atoms with van der Waals surface area (Å²) in [5.41, 5.74) is 0.520. The van der Waals surface area contributed by atoms with Gasteiger partial charge in [0, 0.05) is 0 Å². The molecule has 0 atom stereocenters. The van der Waals surface area contributed by atoms with Crippen LogP contribution < -0.4 is 9.47 Å². The molecule has 0 spiro atoms. The Hall–Kier alpha value is -1.24. The third-order valence-electron chi connectivity index (χ3n) is 3.28. The molecule has 0 N–H and O–H groups in total. The van der Waals surface area contributed by atoms with E-state index in [0.29, 0.717) is 11.5 Å². The summed E-state index contributed by atoms with van der Waals surface area (Å²) in [6.45, 7) is 9.77. The first-order valence-electron chi connectivity index (χ1n) is 7.17. The summed E-state index contributed by atoms with van der Waals surface area (Å²) in [6, 6.07) is 3.80. The van der Waals surface area contributed by atoms with Gasteiger partial charge in [-0.25, -0.2) is 0 Å². The Balaban J connectivity index is 2.65. The average Bonchev–Trinajstić information content (AvgIpc) is 2.47. The summed E-state index contributed by atoms with van der Waals surface area (Å²) in [7, 11) is 1.59. The summed E-state index contributed by atoms with van der Waals surface area (Å²) < 4.78 is 17.3. The van der Waals surface area contributed by atoms with Gasteiger partial charge < -0.3 is 14.2 Å². The van der Waals surface area contributed by atoms with Gasteiger partial charge in [-0.05, 0) is 60.6 Å². The lowest BCUT2D eigenvalue weighted by Gasteiger charge is -2.23. The van der Waals surface area contributed by atoms with Crippen LogP contribution in [0.3, 0.4) is 0 Å². The fourth-order valence-electron chi connectivity index (χ4n) is 1.67. The van der Waals surface area contributed by atoms with Gasteiger partial charge in [-0.15, -0.1) is 0 Å². The minimum absolute atomic E-state index is 0.200. The number of rotatable bonds is 8. The molecule has 5 heteroatoms. The van der Waals surface area contributed by atoms with Gasteiger partial charge in [0.1, 0.15) is 5.60 Å². The van der Waals surface area contributed by atoms with Crippen LogP contribution in [0.2, 0.25) is 0 Å². The van der Waals surface area contributed by atoms with Crippen molar-refractivity contribution < 1.29 is 19.0 Å². The van der Waals surface area contributed by atoms with E-state index in [0.717, 1.165) is 15.6 Å². The van der Waals surface area contributed by atoms with Crippen LogP contribution >= 0.6 is 22.6 Å². The van der Waals surface area contributed by atoms with Crippen molar-refractivity contribution in [1.29, 1.82) is 0 Å². The van der Waals surface area contributed by atoms with Crippen molar-refractivity contribution in [2.45, 2.75) is 39.2 Å². The third-order valence-corrected chi connectivity index (χ3v) is 4.08. The Morgan fingerprint density at radius 3 is 2.64 bits per heavy atom. The monoisotopic (exact) mass is 418 g/mol. The van der Waals surface area contributed by atoms with Crippen molar-refractivity contribution in [1.82, 2.24) is 0 Å². The number of hydrogen-bond acceptors (Lipinski definition) is 4. The highest BCUT2D eigenvalue weighted by Gasteiger charge is 2.20. The van der Waals surface area contributed by atoms with Crippen molar-refractivity contribution in [3.8, 4) is 11.5 Å². The first-order chi connectivity index (χ1) is 10.3. The third kappa shape index (κ3) is 5.51. The number of methoxy groups -OCH3 is 1. The lowest BCUT2D eigenvalue weighted by Crippen LogP contribution is -2.27. The van der Waals surface area contributed by atoms with Gasteiger partial charge in [0.05, 0.1) is 23.7 Å². The van der Waals surface area contributed by atoms with Crippen LogP contribution in [0.4, 0.5) is 0 Å². The summed E-state index contributed by atoms with van der Waals surface area (Å²) in [6.07, 6.45) is 2.72. The number of benzene rings is 1. The Morgan fingerprint density at radius 1 is 1.41 bits per heavy atom. The van der Waals surface area contributed by atoms with E-state index >= 15 is 0 Å². The van der Waals surface area contributed by atoms with Crippen molar-refractivity contribution in [2.24, 2.45) is 0 Å². The van der Waals surface area contributed by atoms with Crippen LogP contribution in [0.1, 0.15) is 39.2 Å². The predicted molar refractivity (Wildman–Crippen MR) is 96.4 cm³/mol. The zero-order chi connectivity index (χ0) is 16.8. The Labute approximate surface area is 146 Å². The molecule has 122 valence electrons. The molecule has 0 heterocycles. The van der Waals surface area contributed by atoms with Crippen molar-refractivity contribution in [3.05, 3.63) is 27.8 Å². The number of ether oxygens (including phenoxy) is 3. The molecule has 1 aromatic rings. The highest BCUT2D eigenvalue weighted by atomic mass is 127. The lowest BCUT2D eigenvalue weighted by atomic mass is 10.1. The molecule has 0 aromatic heterocycles. The average molecular weight is 418 g/mol. The summed E-state index contributed by atoms with van der Waals surface area (Å²) >= 11 is 2.17. The normalized spacial score (nSPS) is 11.0. The van der Waals surface area contributed by atoms with E-state index in [1.807, 2.05) is 32.9 Å². The van der Waals surface area contributed by atoms with Gasteiger partial charge in [0.2, 0.25) is 0 Å². The van der Waals surface area contributed by atoms with Crippen LogP contribution in [-0.4, -0.2) is 25.3 Å². The molecule has 0 radical (unpaired) electrons. The van der Waals surface area contributed by atoms with Gasteiger partial charge in [-0.3, -0.25) is 4.79 Å². The van der Waals surface area contributed by atoms with Crippen LogP contribution in [-0.2, 0) is 9.53 Å². The minimum atomic E-state index is -0.436. The molecule has 0 amide bonds. The minimum Gasteiger partial charge on any atom is -0.493 e. The molecular weight excluding hydrogens is 395 g/mol. The number of carbonyl (C=O) groups is 1. The summed E-state index contributed by atoms with van der Waals surface area (Å²) in [5, 5.41) is 0. The molecule has 0 saturated carbocycles. The second kappa shape index (κ2) is 8.41. The maximum Gasteiger partial charge on any atom is 0.309 e. The van der Waals surface area contributed by atoms with Crippen LogP contribution in [0.5, 0.6) is 11.5 Å². The molecule has 0 aliphatic heterocycles. The Bertz CT molecular complexity index is 538. The molecule has 1 aromatic carbocycles. The van der Waals surface area contributed by atoms with E-state index in [-0.39, 0.29) is 19.0 Å². The molecule has 22 heavy (non-hydrogen) atoms. The highest BCUT2D eigenvalue weighted by molar-refractivity contribution is 14.1. The van der Waals surface area contributed by atoms with E-state index in [1.54, 1.807) is 13.2 Å². The zero-order valence-corrected chi connectivity index (χ0v) is 15.7. The molecule has 1 rings (SSSR count). The number of hydrogen-bond donors (Lipinski definition) is 0. The molecular formula is C17H23IO4. The molecule has 0 saturated heterocycles. The van der Waals surface area contributed by atoms with Gasteiger partial charge in [0.15, 0.2) is 11.5 Å². The second-order valence-corrected chi connectivity index (χ2v) is 6.59. The SMILES string of the molecule is C=Cc1cc(I)c(OCCC(=O)OC(C)(C)CC)c(OC)c1. The van der Waals surface area contributed by atoms with Gasteiger partial charge in [-0.2, -0.15) is 0 Å². The fraction of sp³-hybridized carbons (Fsp3) is 0.471. The fourth-order valence-corrected chi connectivity index (χ4v) is 2.45. The quantitative estimate of drug-likeness (QED) is 0.463. The van der Waals surface area contributed by atoms with Crippen molar-refractivity contribution in [3.63, 3.8) is 0 Å². The Morgan fingerprint density at radius 2 is 2.09 bits per heavy atom. The van der Waals surface area contributed by atoms with E-state index in [1.165, 1.54) is 0 Å². The standard InChI is InChI=1S/C17H23IO4/c1-6-12-10-13(18)16(14(11-12)20-5)21-9-8-15(19)22-17(3,4)7-2/h6,10-11H,1,7-9H2,2-5H3. The molecule has 4 nitrogen and oxygen atoms in total. The number of carbonyl (C=O) groups excluding carboxylic acids is 1. The Kier molecular flexibility index (Phi) is 7.19. The van der Waals surface area contributed by atoms with Crippen LogP contribution in [0.15, 0.2) is 18.7 Å². The molecule has 0 aliphatic carbocycles. The lowest BCUT2D eigenvalue weighted by molar-refractivity contribution is -0.157. The number of halogens is 1. The van der Waals surface area contributed by atoms with Crippen molar-refractivity contribution >= 4 is 34.6 Å². The first kappa shape index (κ1) is 18.8. The number of esters is 1. The second-order valence-electron chi connectivity index (χ2n) is 5.42. The van der Waals surface area contributed by atoms with Gasteiger partial charge in [0.25, 0.3) is 0 Å². The topological polar surface area (TPSA) is 44.8 Å². The maximum atomic E-state index is 11.8. The zero-order valence-electron chi connectivity index (χ0n) is 13.6. The summed E-state index contributed by atoms with van der Waals surface area (Å²) in [4.78, 5) is 11.8. The molecule has 0 fully saturated rings. The molecule has 0 bridgehead atoms. The first-order valence-corrected chi connectivity index (χ1v) is 8.25. The largest absolute Gasteiger partial charge is 0.493 e. The summed E-state index contributed by atoms with van der Waals surface area (Å²) in [5.74, 6) is 1.00. The van der Waals surface area contributed by atoms with Gasteiger partial charge >= 0.3 is 5.97 Å². The van der Waals surface area contributed by atoms with E-state index < -0.39 is 5.60 Å². The van der Waals surface area contributed by atoms with E-state index in [4.69, 9.17) is 14.2 Å². The van der Waals surface area contributed by atoms with Crippen LogP contribution in [0, 0.1) is 3.57 Å². The maximum absolute atomic E-state index is 11.8. The van der Waals surface area contributed by atoms with Gasteiger partial charge in [-0.1, -0.05) is 19.6 Å². The molecule has 0 aliphatic rings. The van der Waals surface area contributed by atoms with E-state index in [9.17, 15) is 4.79 Å². The highest BCUT2D eigenvalue weighted by Crippen LogP contribution is 2.34. The predicted octanol–water partition coefficient (Wildman–Crippen LogP) is 4.44. The smallest absolute Gasteiger partial charge is 0.309 e. The van der Waals surface area contributed by atoms with Crippen molar-refractivity contribution in [2.75, 3.05) is 13.7 Å². The van der Waals surface area contributed by atoms with E-state index in [2.05, 4.69) is 29.2 Å². The van der Waals surface area contributed by atoms with Crippen LogP contribution in [0.25, 0.3) is 6.08 Å². The molecule has 0 unspecified atom stereocenters.